The van der Waals surface area contributed by atoms with Gasteiger partial charge in [-0.3, -0.25) is 4.79 Å². The van der Waals surface area contributed by atoms with Gasteiger partial charge in [-0.05, 0) is 13.0 Å². The van der Waals surface area contributed by atoms with Gasteiger partial charge < -0.3 is 10.5 Å². The van der Waals surface area contributed by atoms with Crippen molar-refractivity contribution in [3.63, 3.8) is 0 Å². The number of carbonyl (C=O) groups is 1. The Morgan fingerprint density at radius 3 is 2.76 bits per heavy atom. The van der Waals surface area contributed by atoms with Gasteiger partial charge >= 0.3 is 5.97 Å². The van der Waals surface area contributed by atoms with Crippen molar-refractivity contribution in [1.82, 2.24) is 4.98 Å². The maximum Gasteiger partial charge on any atom is 0.311 e. The van der Waals surface area contributed by atoms with Crippen LogP contribution in [0.15, 0.2) is 6.07 Å². The number of carbonyl (C=O) groups excluding carboxylic acids is 1. The van der Waals surface area contributed by atoms with Gasteiger partial charge in [0.15, 0.2) is 0 Å². The average molecular weight is 248 g/mol. The van der Waals surface area contributed by atoms with E-state index < -0.39 is 36.0 Å². The van der Waals surface area contributed by atoms with Crippen LogP contribution in [0, 0.1) is 5.95 Å². The van der Waals surface area contributed by atoms with Crippen LogP contribution in [0.4, 0.5) is 18.9 Å². The van der Waals surface area contributed by atoms with Crippen molar-refractivity contribution >= 4 is 11.7 Å². The van der Waals surface area contributed by atoms with Crippen LogP contribution in [0.1, 0.15) is 24.6 Å². The number of nitrogen functional groups attached to an aromatic ring is 1. The van der Waals surface area contributed by atoms with Gasteiger partial charge in [-0.25, -0.2) is 13.8 Å². The molecule has 7 heteroatoms. The minimum atomic E-state index is -2.88. The van der Waals surface area contributed by atoms with E-state index >= 15 is 0 Å². The number of nitrogens with two attached hydrogens (primary N) is 1. The molecule has 0 aliphatic rings. The van der Waals surface area contributed by atoms with E-state index in [2.05, 4.69) is 9.72 Å². The summed E-state index contributed by atoms with van der Waals surface area (Å²) in [6.07, 6.45) is -3.39. The molecule has 0 unspecified atom stereocenters. The summed E-state index contributed by atoms with van der Waals surface area (Å²) in [6, 6.07) is 0.779. The molecule has 1 rings (SSSR count). The fraction of sp³-hybridized carbons (Fsp3) is 0.400. The molecule has 0 amide bonds. The van der Waals surface area contributed by atoms with Gasteiger partial charge in [-0.1, -0.05) is 0 Å². The fourth-order valence-corrected chi connectivity index (χ4v) is 1.24. The number of aromatic nitrogens is 1. The van der Waals surface area contributed by atoms with Gasteiger partial charge in [0.1, 0.15) is 0 Å². The molecule has 1 aromatic rings. The van der Waals surface area contributed by atoms with Crippen LogP contribution in [-0.2, 0) is 16.0 Å². The molecule has 0 saturated heterocycles. The number of rotatable bonds is 4. The first kappa shape index (κ1) is 13.3. The van der Waals surface area contributed by atoms with Gasteiger partial charge in [-0.15, -0.1) is 0 Å². The number of anilines is 1. The lowest BCUT2D eigenvalue weighted by Crippen LogP contribution is -2.13. The number of pyridine rings is 1. The van der Waals surface area contributed by atoms with Gasteiger partial charge in [0.25, 0.3) is 6.43 Å². The minimum absolute atomic E-state index is 0.111. The predicted molar refractivity (Wildman–Crippen MR) is 53.9 cm³/mol. The monoisotopic (exact) mass is 248 g/mol. The molecule has 1 heterocycles. The highest BCUT2D eigenvalue weighted by Crippen LogP contribution is 2.25. The Morgan fingerprint density at radius 2 is 2.24 bits per heavy atom. The lowest BCUT2D eigenvalue weighted by molar-refractivity contribution is -0.142. The molecular weight excluding hydrogens is 237 g/mol. The summed E-state index contributed by atoms with van der Waals surface area (Å²) in [5.41, 5.74) is 3.74. The second kappa shape index (κ2) is 5.51. The molecule has 0 spiro atoms. The largest absolute Gasteiger partial charge is 0.466 e. The van der Waals surface area contributed by atoms with Crippen molar-refractivity contribution in [2.75, 3.05) is 12.3 Å². The molecule has 0 radical (unpaired) electrons. The van der Waals surface area contributed by atoms with Gasteiger partial charge in [0.05, 0.1) is 24.4 Å². The second-order valence-corrected chi connectivity index (χ2v) is 3.19. The third-order valence-corrected chi connectivity index (χ3v) is 1.97. The maximum atomic E-state index is 13.0. The van der Waals surface area contributed by atoms with Gasteiger partial charge in [0.2, 0.25) is 5.95 Å². The zero-order valence-corrected chi connectivity index (χ0v) is 9.04. The molecule has 17 heavy (non-hydrogen) atoms. The van der Waals surface area contributed by atoms with E-state index in [1.807, 2.05) is 0 Å². The normalized spacial score (nSPS) is 10.6. The summed E-state index contributed by atoms with van der Waals surface area (Å²) >= 11 is 0. The zero-order valence-electron chi connectivity index (χ0n) is 9.04. The Balaban J connectivity index is 3.04. The molecule has 0 aromatic carbocycles. The lowest BCUT2D eigenvalue weighted by atomic mass is 10.1. The van der Waals surface area contributed by atoms with Crippen molar-refractivity contribution in [1.29, 1.82) is 0 Å². The van der Waals surface area contributed by atoms with E-state index in [4.69, 9.17) is 5.73 Å². The molecule has 0 saturated carbocycles. The number of halogens is 3. The van der Waals surface area contributed by atoms with Crippen molar-refractivity contribution in [3.8, 4) is 0 Å². The topological polar surface area (TPSA) is 65.2 Å². The number of ether oxygens (including phenoxy) is 1. The fourth-order valence-electron chi connectivity index (χ4n) is 1.24. The van der Waals surface area contributed by atoms with Crippen LogP contribution in [0.25, 0.3) is 0 Å². The predicted octanol–water partition coefficient (Wildman–Crippen LogP) is 1.85. The summed E-state index contributed by atoms with van der Waals surface area (Å²) in [5.74, 6) is -1.82. The number of nitrogens with zero attached hydrogens (tertiary/aromatic N) is 1. The zero-order chi connectivity index (χ0) is 13.0. The Morgan fingerprint density at radius 1 is 1.59 bits per heavy atom. The van der Waals surface area contributed by atoms with E-state index in [0.717, 1.165) is 6.07 Å². The average Bonchev–Trinajstić information content (AvgIpc) is 2.23. The van der Waals surface area contributed by atoms with E-state index in [-0.39, 0.29) is 12.3 Å². The molecule has 0 fully saturated rings. The van der Waals surface area contributed by atoms with Gasteiger partial charge in [0, 0.05) is 5.56 Å². The van der Waals surface area contributed by atoms with E-state index in [9.17, 15) is 18.0 Å². The molecule has 4 nitrogen and oxygen atoms in total. The number of hydrogen-bond acceptors (Lipinski definition) is 4. The van der Waals surface area contributed by atoms with Crippen molar-refractivity contribution in [2.45, 2.75) is 19.8 Å². The van der Waals surface area contributed by atoms with E-state index in [1.165, 1.54) is 0 Å². The highest BCUT2D eigenvalue weighted by Gasteiger charge is 2.20. The van der Waals surface area contributed by atoms with Crippen LogP contribution in [-0.4, -0.2) is 17.6 Å². The summed E-state index contributed by atoms with van der Waals surface area (Å²) in [6.45, 7) is 1.68. The SMILES string of the molecule is CCOC(=O)Cc1nc(F)c(N)cc1C(F)F. The lowest BCUT2D eigenvalue weighted by Gasteiger charge is -2.09. The highest BCUT2D eigenvalue weighted by atomic mass is 19.3. The Kier molecular flexibility index (Phi) is 4.30. The Hall–Kier alpha value is -1.79. The molecule has 0 atom stereocenters. The van der Waals surface area contributed by atoms with Crippen molar-refractivity contribution in [2.24, 2.45) is 0 Å². The minimum Gasteiger partial charge on any atom is -0.466 e. The second-order valence-electron chi connectivity index (χ2n) is 3.19. The summed E-state index contributed by atoms with van der Waals surface area (Å²) in [5, 5.41) is 0. The summed E-state index contributed by atoms with van der Waals surface area (Å²) in [4.78, 5) is 14.4. The smallest absolute Gasteiger partial charge is 0.311 e. The first-order valence-corrected chi connectivity index (χ1v) is 4.84. The summed E-state index contributed by atoms with van der Waals surface area (Å²) in [7, 11) is 0. The summed E-state index contributed by atoms with van der Waals surface area (Å²) < 4.78 is 42.8. The number of hydrogen-bond donors (Lipinski definition) is 1. The molecule has 2 N–H and O–H groups in total. The van der Waals surface area contributed by atoms with Gasteiger partial charge in [-0.2, -0.15) is 4.39 Å². The first-order valence-electron chi connectivity index (χ1n) is 4.84. The number of esters is 1. The molecule has 1 aromatic heterocycles. The van der Waals surface area contributed by atoms with Crippen LogP contribution in [0.5, 0.6) is 0 Å². The molecule has 0 aliphatic heterocycles. The highest BCUT2D eigenvalue weighted by molar-refractivity contribution is 5.72. The third kappa shape index (κ3) is 3.33. The first-order chi connectivity index (χ1) is 7.95. The molecule has 0 bridgehead atoms. The van der Waals surface area contributed by atoms with E-state index in [1.54, 1.807) is 6.92 Å². The standard InChI is InChI=1S/C10H11F3N2O2/c1-2-17-8(16)4-7-5(9(11)12)3-6(14)10(13)15-7/h3,9H,2,4,14H2,1H3. The van der Waals surface area contributed by atoms with Crippen LogP contribution in [0.3, 0.4) is 0 Å². The number of alkyl halides is 2. The van der Waals surface area contributed by atoms with Crippen LogP contribution < -0.4 is 5.73 Å². The van der Waals surface area contributed by atoms with Crippen LogP contribution in [0.2, 0.25) is 0 Å². The molecule has 0 aliphatic carbocycles. The van der Waals surface area contributed by atoms with Crippen LogP contribution >= 0.6 is 0 Å². The Labute approximate surface area is 95.6 Å². The Bertz CT molecular complexity index is 424. The quantitative estimate of drug-likeness (QED) is 0.652. The third-order valence-electron chi connectivity index (χ3n) is 1.97. The van der Waals surface area contributed by atoms with E-state index in [0.29, 0.717) is 0 Å². The molecular formula is C10H11F3N2O2. The maximum absolute atomic E-state index is 13.0. The van der Waals surface area contributed by atoms with Crippen molar-refractivity contribution in [3.05, 3.63) is 23.3 Å². The molecule has 94 valence electrons. The van der Waals surface area contributed by atoms with Crippen molar-refractivity contribution < 1.29 is 22.7 Å².